The van der Waals surface area contributed by atoms with Gasteiger partial charge in [-0.3, -0.25) is 9.59 Å². The summed E-state index contributed by atoms with van der Waals surface area (Å²) in [7, 11) is 0. The van der Waals surface area contributed by atoms with Gasteiger partial charge in [-0.15, -0.1) is 0 Å². The van der Waals surface area contributed by atoms with E-state index in [1.165, 1.54) is 0 Å². The molecule has 1 aromatic carbocycles. The third kappa shape index (κ3) is 2.62. The number of carbonyl (C=O) groups is 2. The minimum atomic E-state index is -0.449. The zero-order chi connectivity index (χ0) is 18.8. The Morgan fingerprint density at radius 2 is 2.04 bits per heavy atom. The Kier molecular flexibility index (Phi) is 3.87. The Morgan fingerprint density at radius 1 is 1.26 bits per heavy atom. The van der Waals surface area contributed by atoms with Gasteiger partial charge in [0.05, 0.1) is 12.0 Å². The number of likely N-dealkylation sites (N-methyl/N-ethyl adjacent to an activating group) is 1. The summed E-state index contributed by atoms with van der Waals surface area (Å²) in [5.41, 5.74) is 1.34. The van der Waals surface area contributed by atoms with E-state index in [4.69, 9.17) is 4.74 Å². The molecule has 0 unspecified atom stereocenters. The Balaban J connectivity index is 1.33. The van der Waals surface area contributed by atoms with Crippen LogP contribution in [0.1, 0.15) is 42.1 Å². The largest absolute Gasteiger partial charge is 0.486 e. The molecule has 5 rings (SSSR count). The number of rotatable bonds is 2. The molecule has 144 valence electrons. The molecule has 4 atom stereocenters. The average Bonchev–Trinajstić information content (AvgIpc) is 3.32. The maximum atomic E-state index is 13.1. The number of piperazine rings is 1. The van der Waals surface area contributed by atoms with Gasteiger partial charge in [-0.1, -0.05) is 18.6 Å². The highest BCUT2D eigenvalue weighted by atomic mass is 16.5. The number of aryl methyl sites for hydroxylation is 1. The molecule has 4 aliphatic rings. The van der Waals surface area contributed by atoms with E-state index in [0.29, 0.717) is 29.6 Å². The maximum absolute atomic E-state index is 13.1. The second kappa shape index (κ2) is 6.06. The lowest BCUT2D eigenvalue weighted by Crippen LogP contribution is -2.50. The fourth-order valence-electron chi connectivity index (χ4n) is 5.76. The second-order valence-electron chi connectivity index (χ2n) is 8.78. The van der Waals surface area contributed by atoms with Gasteiger partial charge in [0.1, 0.15) is 11.4 Å². The Hall–Kier alpha value is -1.88. The van der Waals surface area contributed by atoms with Gasteiger partial charge < -0.3 is 14.5 Å². The van der Waals surface area contributed by atoms with Gasteiger partial charge in [0, 0.05) is 38.0 Å². The molecule has 2 heterocycles. The zero-order valence-electron chi connectivity index (χ0n) is 16.2. The van der Waals surface area contributed by atoms with E-state index in [2.05, 4.69) is 11.8 Å². The summed E-state index contributed by atoms with van der Waals surface area (Å²) < 4.78 is 6.46. The number of amides is 1. The molecule has 0 bridgehead atoms. The fraction of sp³-hybridized carbons (Fsp3) is 0.636. The Bertz CT molecular complexity index is 799. The van der Waals surface area contributed by atoms with Crippen LogP contribution in [0.5, 0.6) is 5.75 Å². The lowest BCUT2D eigenvalue weighted by Gasteiger charge is -2.38. The zero-order valence-corrected chi connectivity index (χ0v) is 16.2. The van der Waals surface area contributed by atoms with Crippen molar-refractivity contribution in [3.05, 3.63) is 29.3 Å². The first-order valence-electron chi connectivity index (χ1n) is 10.4. The molecule has 1 saturated heterocycles. The number of ketones is 1. The highest BCUT2D eigenvalue weighted by molar-refractivity contribution is 6.01. The molecular formula is C22H28N2O3. The molecule has 1 spiro atoms. The summed E-state index contributed by atoms with van der Waals surface area (Å²) in [4.78, 5) is 30.4. The van der Waals surface area contributed by atoms with E-state index in [-0.39, 0.29) is 17.6 Å². The van der Waals surface area contributed by atoms with Gasteiger partial charge in [-0.25, -0.2) is 0 Å². The molecule has 1 aromatic rings. The number of fused-ring (bicyclic) bond motifs is 3. The molecule has 0 N–H and O–H groups in total. The van der Waals surface area contributed by atoms with E-state index in [1.54, 1.807) is 0 Å². The number of ether oxygens (including phenoxy) is 1. The summed E-state index contributed by atoms with van der Waals surface area (Å²) in [6.45, 7) is 8.82. The molecule has 0 aromatic heterocycles. The smallest absolute Gasteiger partial charge is 0.226 e. The van der Waals surface area contributed by atoms with Crippen LogP contribution in [0.3, 0.4) is 0 Å². The van der Waals surface area contributed by atoms with Crippen LogP contribution in [-0.2, 0) is 4.79 Å². The van der Waals surface area contributed by atoms with Crippen LogP contribution in [0.4, 0.5) is 0 Å². The minimum absolute atomic E-state index is 0.0618. The molecule has 27 heavy (non-hydrogen) atoms. The minimum Gasteiger partial charge on any atom is -0.486 e. The first kappa shape index (κ1) is 17.2. The van der Waals surface area contributed by atoms with Crippen LogP contribution in [-0.4, -0.2) is 59.8 Å². The van der Waals surface area contributed by atoms with E-state index < -0.39 is 5.60 Å². The quantitative estimate of drug-likeness (QED) is 0.805. The number of nitrogens with zero attached hydrogens (tertiary/aromatic N) is 2. The topological polar surface area (TPSA) is 49.9 Å². The predicted octanol–water partition coefficient (Wildman–Crippen LogP) is 2.52. The summed E-state index contributed by atoms with van der Waals surface area (Å²) in [5, 5.41) is 0. The standard InChI is InChI=1S/C22H28N2O3/c1-3-23-8-10-24(11-9-23)21(26)19-15-6-7-22(20(15)19)13-17(25)16-12-14(2)4-5-18(16)27-22/h4-5,12,15,19-20H,3,6-11,13H2,1-2H3/t15-,19+,20+,22+/m0/s1. The molecule has 5 nitrogen and oxygen atoms in total. The van der Waals surface area contributed by atoms with Crippen LogP contribution in [0.2, 0.25) is 0 Å². The van der Waals surface area contributed by atoms with Crippen LogP contribution < -0.4 is 4.74 Å². The Labute approximate surface area is 160 Å². The summed E-state index contributed by atoms with van der Waals surface area (Å²) >= 11 is 0. The number of hydrogen-bond donors (Lipinski definition) is 0. The van der Waals surface area contributed by atoms with Gasteiger partial charge in [0.15, 0.2) is 5.78 Å². The predicted molar refractivity (Wildman–Crippen MR) is 102 cm³/mol. The fourth-order valence-corrected chi connectivity index (χ4v) is 5.76. The van der Waals surface area contributed by atoms with Crippen LogP contribution in [0.15, 0.2) is 18.2 Å². The van der Waals surface area contributed by atoms with Crippen molar-refractivity contribution < 1.29 is 14.3 Å². The van der Waals surface area contributed by atoms with Crippen molar-refractivity contribution in [2.45, 2.75) is 38.7 Å². The molecule has 1 amide bonds. The lowest BCUT2D eigenvalue weighted by atomic mass is 9.84. The van der Waals surface area contributed by atoms with Crippen LogP contribution in [0, 0.1) is 24.7 Å². The highest BCUT2D eigenvalue weighted by Crippen LogP contribution is 2.66. The number of hydrogen-bond acceptors (Lipinski definition) is 4. The van der Waals surface area contributed by atoms with Crippen LogP contribution in [0.25, 0.3) is 0 Å². The van der Waals surface area contributed by atoms with Gasteiger partial charge in [0.25, 0.3) is 0 Å². The molecule has 5 heteroatoms. The SMILES string of the molecule is CCN1CCN(C(=O)[C@@H]2[C@@H]3CC[C@@]4(CC(=O)c5cc(C)ccc5O4)[C@H]32)CC1. The van der Waals surface area contributed by atoms with Crippen molar-refractivity contribution in [3.63, 3.8) is 0 Å². The molecule has 2 aliphatic carbocycles. The van der Waals surface area contributed by atoms with E-state index in [1.807, 2.05) is 30.0 Å². The molecule has 2 aliphatic heterocycles. The van der Waals surface area contributed by atoms with Gasteiger partial charge >= 0.3 is 0 Å². The first-order valence-corrected chi connectivity index (χ1v) is 10.4. The van der Waals surface area contributed by atoms with E-state index in [0.717, 1.165) is 51.1 Å². The van der Waals surface area contributed by atoms with Crippen molar-refractivity contribution in [1.29, 1.82) is 0 Å². The third-order valence-electron chi connectivity index (χ3n) is 7.30. The highest BCUT2D eigenvalue weighted by Gasteiger charge is 2.71. The third-order valence-corrected chi connectivity index (χ3v) is 7.30. The van der Waals surface area contributed by atoms with Gasteiger partial charge in [0.2, 0.25) is 5.91 Å². The molecular weight excluding hydrogens is 340 g/mol. The first-order chi connectivity index (χ1) is 13.0. The normalized spacial score (nSPS) is 35.0. The van der Waals surface area contributed by atoms with Gasteiger partial charge in [-0.2, -0.15) is 0 Å². The van der Waals surface area contributed by atoms with Crippen molar-refractivity contribution in [3.8, 4) is 5.75 Å². The van der Waals surface area contributed by atoms with Crippen molar-refractivity contribution in [1.82, 2.24) is 9.80 Å². The number of carbonyl (C=O) groups excluding carboxylic acids is 2. The molecule has 3 fully saturated rings. The lowest BCUT2D eigenvalue weighted by molar-refractivity contribution is -0.136. The second-order valence-corrected chi connectivity index (χ2v) is 8.78. The van der Waals surface area contributed by atoms with E-state index in [9.17, 15) is 9.59 Å². The number of Topliss-reactive ketones (excluding diaryl/α,β-unsaturated/α-hetero) is 1. The van der Waals surface area contributed by atoms with Crippen molar-refractivity contribution in [2.75, 3.05) is 32.7 Å². The average molecular weight is 368 g/mol. The van der Waals surface area contributed by atoms with Crippen molar-refractivity contribution >= 4 is 11.7 Å². The summed E-state index contributed by atoms with van der Waals surface area (Å²) in [5.74, 6) is 1.87. The maximum Gasteiger partial charge on any atom is 0.226 e. The van der Waals surface area contributed by atoms with E-state index >= 15 is 0 Å². The van der Waals surface area contributed by atoms with Crippen molar-refractivity contribution in [2.24, 2.45) is 17.8 Å². The summed E-state index contributed by atoms with van der Waals surface area (Å²) in [6.07, 6.45) is 2.33. The monoisotopic (exact) mass is 368 g/mol. The molecule has 0 radical (unpaired) electrons. The van der Waals surface area contributed by atoms with Gasteiger partial charge in [-0.05, 0) is 44.4 Å². The molecule has 2 saturated carbocycles. The number of benzene rings is 1. The summed E-state index contributed by atoms with van der Waals surface area (Å²) in [6, 6.07) is 5.86. The van der Waals surface area contributed by atoms with Crippen LogP contribution >= 0.6 is 0 Å². The Morgan fingerprint density at radius 3 is 2.78 bits per heavy atom.